The smallest absolute Gasteiger partial charge is 0.388 e. The monoisotopic (exact) mass is 288 g/mol. The Morgan fingerprint density at radius 2 is 2.15 bits per heavy atom. The average molecular weight is 288 g/mol. The molecular weight excluding hydrogens is 273 g/mol. The highest BCUT2D eigenvalue weighted by molar-refractivity contribution is 5.94. The average Bonchev–Trinajstić information content (AvgIpc) is 2.35. The number of alkyl halides is 3. The van der Waals surface area contributed by atoms with E-state index < -0.39 is 23.4 Å². The molecule has 1 aromatic heterocycles. The summed E-state index contributed by atoms with van der Waals surface area (Å²) in [4.78, 5) is 16.7. The fourth-order valence-electron chi connectivity index (χ4n) is 2.34. The Labute approximate surface area is 114 Å². The van der Waals surface area contributed by atoms with Crippen molar-refractivity contribution in [2.45, 2.75) is 37.6 Å². The molecule has 0 unspecified atom stereocenters. The molecule has 1 aliphatic carbocycles. The maximum absolute atomic E-state index is 12.4. The van der Waals surface area contributed by atoms with Crippen molar-refractivity contribution >= 4 is 5.91 Å². The summed E-state index contributed by atoms with van der Waals surface area (Å²) < 4.78 is 37.1. The Balaban J connectivity index is 2.14. The molecule has 1 heterocycles. The quantitative estimate of drug-likeness (QED) is 0.906. The van der Waals surface area contributed by atoms with Gasteiger partial charge in [0.05, 0.1) is 17.2 Å². The SMILES string of the molecule is CN(C(=O)c1ccc(C(F)(F)F)nc1)[C@@H]1CC[C@@]1(C)O. The molecule has 20 heavy (non-hydrogen) atoms. The van der Waals surface area contributed by atoms with Crippen LogP contribution in [0.5, 0.6) is 0 Å². The number of rotatable bonds is 2. The second kappa shape index (κ2) is 4.73. The second-order valence-corrected chi connectivity index (χ2v) is 5.26. The summed E-state index contributed by atoms with van der Waals surface area (Å²) in [5.41, 5.74) is -1.90. The van der Waals surface area contributed by atoms with Crippen LogP contribution in [0.25, 0.3) is 0 Å². The summed E-state index contributed by atoms with van der Waals surface area (Å²) in [6, 6.07) is 1.56. The number of carbonyl (C=O) groups excluding carboxylic acids is 1. The number of amides is 1. The van der Waals surface area contributed by atoms with Gasteiger partial charge < -0.3 is 10.0 Å². The zero-order valence-corrected chi connectivity index (χ0v) is 11.1. The van der Waals surface area contributed by atoms with Crippen LogP contribution in [0.3, 0.4) is 0 Å². The maximum atomic E-state index is 12.4. The van der Waals surface area contributed by atoms with Crippen LogP contribution in [0.15, 0.2) is 18.3 Å². The van der Waals surface area contributed by atoms with Gasteiger partial charge in [-0.15, -0.1) is 0 Å². The first kappa shape index (κ1) is 14.8. The molecule has 1 N–H and O–H groups in total. The van der Waals surface area contributed by atoms with Gasteiger partial charge in [-0.2, -0.15) is 13.2 Å². The summed E-state index contributed by atoms with van der Waals surface area (Å²) in [5, 5.41) is 9.93. The Morgan fingerprint density at radius 3 is 2.50 bits per heavy atom. The first-order valence-corrected chi connectivity index (χ1v) is 6.16. The summed E-state index contributed by atoms with van der Waals surface area (Å²) in [6.45, 7) is 1.63. The molecule has 1 aromatic rings. The van der Waals surface area contributed by atoms with Crippen molar-refractivity contribution in [1.82, 2.24) is 9.88 Å². The maximum Gasteiger partial charge on any atom is 0.433 e. The fraction of sp³-hybridized carbons (Fsp3) is 0.538. The van der Waals surface area contributed by atoms with Gasteiger partial charge in [0.1, 0.15) is 5.69 Å². The largest absolute Gasteiger partial charge is 0.433 e. The van der Waals surface area contributed by atoms with Crippen molar-refractivity contribution in [3.05, 3.63) is 29.6 Å². The number of carbonyl (C=O) groups is 1. The van der Waals surface area contributed by atoms with Crippen LogP contribution in [-0.2, 0) is 6.18 Å². The minimum Gasteiger partial charge on any atom is -0.388 e. The van der Waals surface area contributed by atoms with Gasteiger partial charge >= 0.3 is 6.18 Å². The fourth-order valence-corrected chi connectivity index (χ4v) is 2.34. The molecule has 2 atom stereocenters. The topological polar surface area (TPSA) is 53.4 Å². The lowest BCUT2D eigenvalue weighted by molar-refractivity contribution is -0.141. The first-order valence-electron chi connectivity index (χ1n) is 6.16. The normalized spacial score (nSPS) is 26.0. The number of likely N-dealkylation sites (N-methyl/N-ethyl adjacent to an activating group) is 1. The van der Waals surface area contributed by atoms with Crippen LogP contribution in [0, 0.1) is 0 Å². The highest BCUT2D eigenvalue weighted by atomic mass is 19.4. The molecule has 0 aromatic carbocycles. The van der Waals surface area contributed by atoms with Crippen LogP contribution in [-0.4, -0.2) is 39.6 Å². The van der Waals surface area contributed by atoms with Crippen molar-refractivity contribution in [1.29, 1.82) is 0 Å². The van der Waals surface area contributed by atoms with E-state index in [0.29, 0.717) is 12.8 Å². The van der Waals surface area contributed by atoms with Gasteiger partial charge in [0, 0.05) is 13.2 Å². The zero-order valence-electron chi connectivity index (χ0n) is 11.1. The van der Waals surface area contributed by atoms with Crippen LogP contribution in [0.4, 0.5) is 13.2 Å². The van der Waals surface area contributed by atoms with E-state index in [1.807, 2.05) is 0 Å². The molecule has 0 aliphatic heterocycles. The Hall–Kier alpha value is -1.63. The molecule has 0 spiro atoms. The Bertz CT molecular complexity index is 511. The molecule has 1 saturated carbocycles. The van der Waals surface area contributed by atoms with Crippen molar-refractivity contribution in [3.63, 3.8) is 0 Å². The summed E-state index contributed by atoms with van der Waals surface area (Å²) >= 11 is 0. The van der Waals surface area contributed by atoms with Gasteiger partial charge in [-0.25, -0.2) is 0 Å². The van der Waals surface area contributed by atoms with Crippen molar-refractivity contribution < 1.29 is 23.1 Å². The van der Waals surface area contributed by atoms with Gasteiger partial charge in [-0.1, -0.05) is 0 Å². The summed E-state index contributed by atoms with van der Waals surface area (Å²) in [7, 11) is 1.53. The number of aromatic nitrogens is 1. The van der Waals surface area contributed by atoms with E-state index in [0.717, 1.165) is 18.3 Å². The Kier molecular flexibility index (Phi) is 3.49. The van der Waals surface area contributed by atoms with Gasteiger partial charge in [0.15, 0.2) is 0 Å². The van der Waals surface area contributed by atoms with Gasteiger partial charge in [0.25, 0.3) is 5.91 Å². The highest BCUT2D eigenvalue weighted by Crippen LogP contribution is 2.35. The van der Waals surface area contributed by atoms with Gasteiger partial charge in [-0.3, -0.25) is 9.78 Å². The predicted octanol–water partition coefficient (Wildman–Crippen LogP) is 2.09. The predicted molar refractivity (Wildman–Crippen MR) is 65.0 cm³/mol. The van der Waals surface area contributed by atoms with Gasteiger partial charge in [0.2, 0.25) is 0 Å². The number of halogens is 3. The molecule has 2 rings (SSSR count). The number of aliphatic hydroxyl groups is 1. The minimum absolute atomic E-state index is 0.0724. The van der Waals surface area contributed by atoms with E-state index in [4.69, 9.17) is 0 Å². The molecule has 110 valence electrons. The third kappa shape index (κ3) is 2.63. The van der Waals surface area contributed by atoms with E-state index in [-0.39, 0.29) is 11.6 Å². The van der Waals surface area contributed by atoms with E-state index in [9.17, 15) is 23.1 Å². The van der Waals surface area contributed by atoms with Crippen LogP contribution >= 0.6 is 0 Å². The van der Waals surface area contributed by atoms with E-state index in [1.165, 1.54) is 11.9 Å². The third-order valence-electron chi connectivity index (χ3n) is 3.73. The summed E-state index contributed by atoms with van der Waals surface area (Å²) in [5.74, 6) is -0.448. The highest BCUT2D eigenvalue weighted by Gasteiger charge is 2.45. The number of nitrogens with zero attached hydrogens (tertiary/aromatic N) is 2. The lowest BCUT2D eigenvalue weighted by atomic mass is 9.75. The molecule has 0 radical (unpaired) electrons. The summed E-state index contributed by atoms with van der Waals surface area (Å²) in [6.07, 6.45) is -2.34. The molecule has 1 fully saturated rings. The number of pyridine rings is 1. The van der Waals surface area contributed by atoms with E-state index in [2.05, 4.69) is 4.98 Å². The molecule has 4 nitrogen and oxygen atoms in total. The number of hydrogen-bond acceptors (Lipinski definition) is 3. The van der Waals surface area contributed by atoms with Crippen molar-refractivity contribution in [2.24, 2.45) is 0 Å². The lowest BCUT2D eigenvalue weighted by Gasteiger charge is -2.47. The molecule has 1 aliphatic rings. The Morgan fingerprint density at radius 1 is 1.50 bits per heavy atom. The van der Waals surface area contributed by atoms with E-state index in [1.54, 1.807) is 6.92 Å². The molecule has 0 saturated heterocycles. The molecule has 1 amide bonds. The van der Waals surface area contributed by atoms with Crippen LogP contribution < -0.4 is 0 Å². The standard InChI is InChI=1S/C13H15F3N2O2/c1-12(20)6-5-10(12)18(2)11(19)8-3-4-9(17-7-8)13(14,15)16/h3-4,7,10,20H,5-6H2,1-2H3/t10-,12-/m1/s1. The first-order chi connectivity index (χ1) is 9.13. The minimum atomic E-state index is -4.52. The lowest BCUT2D eigenvalue weighted by Crippen LogP contribution is -2.58. The van der Waals surface area contributed by atoms with Crippen molar-refractivity contribution in [2.75, 3.05) is 7.05 Å². The van der Waals surface area contributed by atoms with E-state index >= 15 is 0 Å². The van der Waals surface area contributed by atoms with Crippen LogP contribution in [0.1, 0.15) is 35.8 Å². The third-order valence-corrected chi connectivity index (χ3v) is 3.73. The van der Waals surface area contributed by atoms with Crippen LogP contribution in [0.2, 0.25) is 0 Å². The second-order valence-electron chi connectivity index (χ2n) is 5.26. The zero-order chi connectivity index (χ0) is 15.1. The number of hydrogen-bond donors (Lipinski definition) is 1. The van der Waals surface area contributed by atoms with Crippen molar-refractivity contribution in [3.8, 4) is 0 Å². The molecular formula is C13H15F3N2O2. The van der Waals surface area contributed by atoms with Gasteiger partial charge in [-0.05, 0) is 31.9 Å². The molecule has 7 heteroatoms. The molecule has 0 bridgehead atoms.